The first-order valence-corrected chi connectivity index (χ1v) is 8.38. The number of amides is 1. The lowest BCUT2D eigenvalue weighted by Gasteiger charge is -2.31. The highest BCUT2D eigenvalue weighted by Gasteiger charge is 2.26. The fourth-order valence-electron chi connectivity index (χ4n) is 3.01. The van der Waals surface area contributed by atoms with E-state index in [1.54, 1.807) is 12.0 Å². The molecule has 26 heavy (non-hydrogen) atoms. The van der Waals surface area contributed by atoms with Gasteiger partial charge in [0.05, 0.1) is 6.61 Å². The van der Waals surface area contributed by atoms with Gasteiger partial charge in [-0.15, -0.1) is 0 Å². The van der Waals surface area contributed by atoms with Crippen molar-refractivity contribution in [1.82, 2.24) is 10.1 Å². The largest absolute Gasteiger partial charge is 0.482 e. The number of ether oxygens (including phenoxy) is 2. The Kier molecular flexibility index (Phi) is 5.82. The number of carbonyl (C=O) groups is 1. The van der Waals surface area contributed by atoms with Gasteiger partial charge in [-0.05, 0) is 30.9 Å². The van der Waals surface area contributed by atoms with Gasteiger partial charge in [0.15, 0.2) is 23.0 Å². The molecule has 1 fully saturated rings. The lowest BCUT2D eigenvalue weighted by atomic mass is 9.99. The molecule has 1 aliphatic heterocycles. The summed E-state index contributed by atoms with van der Waals surface area (Å²) in [7, 11) is 1.65. The molecule has 1 aliphatic rings. The zero-order valence-electron chi connectivity index (χ0n) is 14.4. The number of hydrogen-bond donors (Lipinski definition) is 0. The van der Waals surface area contributed by atoms with Gasteiger partial charge in [0, 0.05) is 32.3 Å². The standard InChI is InChI=1S/C18H20F2N2O4/c1-24-10-12-3-2-6-22(9-12)18(23)16-8-14(26-21-16)11-25-17-5-4-13(19)7-15(17)20/h4-5,7-8,12H,2-3,6,9-11H2,1H3. The van der Waals surface area contributed by atoms with Crippen molar-refractivity contribution in [2.24, 2.45) is 5.92 Å². The molecule has 0 aliphatic carbocycles. The van der Waals surface area contributed by atoms with E-state index in [4.69, 9.17) is 14.0 Å². The van der Waals surface area contributed by atoms with Crippen molar-refractivity contribution >= 4 is 5.91 Å². The number of rotatable bonds is 6. The zero-order chi connectivity index (χ0) is 18.5. The second-order valence-corrected chi connectivity index (χ2v) is 6.26. The van der Waals surface area contributed by atoms with E-state index in [0.717, 1.165) is 25.0 Å². The minimum absolute atomic E-state index is 0.103. The number of methoxy groups -OCH3 is 1. The maximum atomic E-state index is 13.5. The van der Waals surface area contributed by atoms with Crippen LogP contribution in [0.15, 0.2) is 28.8 Å². The van der Waals surface area contributed by atoms with Crippen molar-refractivity contribution in [3.8, 4) is 5.75 Å². The number of nitrogens with zero attached hydrogens (tertiary/aromatic N) is 2. The Bertz CT molecular complexity index is 763. The monoisotopic (exact) mass is 366 g/mol. The second-order valence-electron chi connectivity index (χ2n) is 6.26. The number of benzene rings is 1. The zero-order valence-corrected chi connectivity index (χ0v) is 14.4. The van der Waals surface area contributed by atoms with E-state index in [0.29, 0.717) is 25.6 Å². The Labute approximate surface area is 149 Å². The van der Waals surface area contributed by atoms with Crippen molar-refractivity contribution in [3.05, 3.63) is 47.4 Å². The molecule has 0 spiro atoms. The van der Waals surface area contributed by atoms with Crippen LogP contribution in [0, 0.1) is 17.6 Å². The summed E-state index contributed by atoms with van der Waals surface area (Å²) < 4.78 is 41.9. The first kappa shape index (κ1) is 18.3. The van der Waals surface area contributed by atoms with Gasteiger partial charge < -0.3 is 18.9 Å². The predicted octanol–water partition coefficient (Wildman–Crippen LogP) is 3.03. The van der Waals surface area contributed by atoms with Gasteiger partial charge >= 0.3 is 0 Å². The molecule has 1 unspecified atom stereocenters. The van der Waals surface area contributed by atoms with E-state index < -0.39 is 11.6 Å². The van der Waals surface area contributed by atoms with Crippen molar-refractivity contribution in [1.29, 1.82) is 0 Å². The number of aromatic nitrogens is 1. The molecule has 1 amide bonds. The average Bonchev–Trinajstić information content (AvgIpc) is 3.10. The Morgan fingerprint density at radius 2 is 2.23 bits per heavy atom. The fourth-order valence-corrected chi connectivity index (χ4v) is 3.01. The predicted molar refractivity (Wildman–Crippen MR) is 87.7 cm³/mol. The maximum absolute atomic E-state index is 13.5. The molecule has 0 saturated carbocycles. The quantitative estimate of drug-likeness (QED) is 0.786. The number of hydrogen-bond acceptors (Lipinski definition) is 5. The van der Waals surface area contributed by atoms with Crippen LogP contribution in [0.2, 0.25) is 0 Å². The number of carbonyl (C=O) groups excluding carboxylic acids is 1. The first-order chi connectivity index (χ1) is 12.6. The van der Waals surface area contributed by atoms with Crippen molar-refractivity contribution < 1.29 is 27.6 Å². The van der Waals surface area contributed by atoms with Gasteiger partial charge in [-0.1, -0.05) is 5.16 Å². The van der Waals surface area contributed by atoms with Crippen molar-refractivity contribution in [3.63, 3.8) is 0 Å². The van der Waals surface area contributed by atoms with Crippen molar-refractivity contribution in [2.75, 3.05) is 26.8 Å². The van der Waals surface area contributed by atoms with Crippen LogP contribution >= 0.6 is 0 Å². The van der Waals surface area contributed by atoms with Gasteiger partial charge in [-0.25, -0.2) is 8.78 Å². The Morgan fingerprint density at radius 3 is 3.00 bits per heavy atom. The van der Waals surface area contributed by atoms with Gasteiger partial charge in [0.1, 0.15) is 12.4 Å². The fraction of sp³-hybridized carbons (Fsp3) is 0.444. The molecular weight excluding hydrogens is 346 g/mol. The molecular formula is C18H20F2N2O4. The van der Waals surface area contributed by atoms with Crippen molar-refractivity contribution in [2.45, 2.75) is 19.4 Å². The molecule has 0 radical (unpaired) electrons. The van der Waals surface area contributed by atoms with Gasteiger partial charge in [-0.3, -0.25) is 4.79 Å². The van der Waals surface area contributed by atoms with E-state index in [9.17, 15) is 13.6 Å². The second kappa shape index (κ2) is 8.27. The van der Waals surface area contributed by atoms with Crippen LogP contribution in [-0.2, 0) is 11.3 Å². The lowest BCUT2D eigenvalue weighted by molar-refractivity contribution is 0.0561. The Balaban J connectivity index is 1.59. The molecule has 0 N–H and O–H groups in total. The summed E-state index contributed by atoms with van der Waals surface area (Å²) in [5, 5.41) is 3.78. The van der Waals surface area contributed by atoms with E-state index in [1.807, 2.05) is 0 Å². The minimum Gasteiger partial charge on any atom is -0.482 e. The van der Waals surface area contributed by atoms with Gasteiger partial charge in [0.25, 0.3) is 5.91 Å². The normalized spacial score (nSPS) is 17.3. The number of likely N-dealkylation sites (tertiary alicyclic amines) is 1. The highest BCUT2D eigenvalue weighted by Crippen LogP contribution is 2.21. The molecule has 8 heteroatoms. The van der Waals surface area contributed by atoms with Crippen LogP contribution in [-0.4, -0.2) is 42.8 Å². The van der Waals surface area contributed by atoms with Crippen LogP contribution in [0.3, 0.4) is 0 Å². The van der Waals surface area contributed by atoms with Crippen LogP contribution in [0.25, 0.3) is 0 Å². The van der Waals surface area contributed by atoms with Crippen LogP contribution in [0.4, 0.5) is 8.78 Å². The first-order valence-electron chi connectivity index (χ1n) is 8.38. The van der Waals surface area contributed by atoms with Gasteiger partial charge in [-0.2, -0.15) is 0 Å². The highest BCUT2D eigenvalue weighted by atomic mass is 19.1. The van der Waals surface area contributed by atoms with Crippen LogP contribution in [0.1, 0.15) is 29.1 Å². The summed E-state index contributed by atoms with van der Waals surface area (Å²) in [6.07, 6.45) is 1.94. The SMILES string of the molecule is COCC1CCCN(C(=O)c2cc(COc3ccc(F)cc3F)on2)C1. The molecule has 2 aromatic rings. The van der Waals surface area contributed by atoms with Gasteiger partial charge in [0.2, 0.25) is 0 Å². The summed E-state index contributed by atoms with van der Waals surface area (Å²) in [5.74, 6) is -1.21. The summed E-state index contributed by atoms with van der Waals surface area (Å²) in [6.45, 7) is 1.78. The third-order valence-corrected chi connectivity index (χ3v) is 4.25. The summed E-state index contributed by atoms with van der Waals surface area (Å²) in [5.41, 5.74) is 0.182. The molecule has 1 aromatic heterocycles. The minimum atomic E-state index is -0.807. The Morgan fingerprint density at radius 1 is 1.38 bits per heavy atom. The van der Waals surface area contributed by atoms with Crippen LogP contribution in [0.5, 0.6) is 5.75 Å². The third-order valence-electron chi connectivity index (χ3n) is 4.25. The third kappa shape index (κ3) is 4.37. The molecule has 6 nitrogen and oxygen atoms in total. The Hall–Kier alpha value is -2.48. The molecule has 3 rings (SSSR count). The number of halogens is 2. The molecule has 0 bridgehead atoms. The molecule has 1 aromatic carbocycles. The van der Waals surface area contributed by atoms with Crippen LogP contribution < -0.4 is 4.74 Å². The topological polar surface area (TPSA) is 64.8 Å². The summed E-state index contributed by atoms with van der Waals surface area (Å²) >= 11 is 0. The summed E-state index contributed by atoms with van der Waals surface area (Å²) in [6, 6.07) is 4.50. The molecule has 2 heterocycles. The van der Waals surface area contributed by atoms with E-state index in [2.05, 4.69) is 5.16 Å². The molecule has 1 saturated heterocycles. The smallest absolute Gasteiger partial charge is 0.276 e. The molecule has 1 atom stereocenters. The van der Waals surface area contributed by atoms with E-state index >= 15 is 0 Å². The molecule has 140 valence electrons. The highest BCUT2D eigenvalue weighted by molar-refractivity contribution is 5.92. The summed E-state index contributed by atoms with van der Waals surface area (Å²) in [4.78, 5) is 14.3. The number of piperidine rings is 1. The van der Waals surface area contributed by atoms with E-state index in [-0.39, 0.29) is 29.7 Å². The maximum Gasteiger partial charge on any atom is 0.276 e. The average molecular weight is 366 g/mol. The van der Waals surface area contributed by atoms with E-state index in [1.165, 1.54) is 12.1 Å². The lowest BCUT2D eigenvalue weighted by Crippen LogP contribution is -2.41.